The summed E-state index contributed by atoms with van der Waals surface area (Å²) < 4.78 is 25.8. The van der Waals surface area contributed by atoms with Crippen molar-refractivity contribution < 1.29 is 18.7 Å². The van der Waals surface area contributed by atoms with Crippen LogP contribution in [0.25, 0.3) is 0 Å². The van der Waals surface area contributed by atoms with E-state index < -0.39 is 43.5 Å². The number of hydrogen-bond donors (Lipinski definition) is 2. The molecule has 0 saturated carbocycles. The van der Waals surface area contributed by atoms with Crippen LogP contribution in [-0.2, 0) is 4.79 Å². The maximum absolute atomic E-state index is 12.9. The molecule has 1 amide bonds. The summed E-state index contributed by atoms with van der Waals surface area (Å²) in [6, 6.07) is -1.61. The minimum Gasteiger partial charge on any atom is -0.394 e. The van der Waals surface area contributed by atoms with Crippen molar-refractivity contribution in [2.45, 2.75) is 31.4 Å². The Kier molecular flexibility index (Phi) is 3.06. The average Bonchev–Trinajstić information content (AvgIpc) is 2.39. The third-order valence-corrected chi connectivity index (χ3v) is 2.26. The molecule has 1 rings (SSSR count). The van der Waals surface area contributed by atoms with Gasteiger partial charge in [0.25, 0.3) is 5.92 Å². The number of rotatable bonds is 2. The molecule has 0 bridgehead atoms. The number of aliphatic hydroxyl groups excluding tert-OH is 1. The molecule has 0 radical (unpaired) electrons. The molecule has 6 heteroatoms. The Morgan fingerprint density at radius 1 is 1.79 bits per heavy atom. The fraction of sp³-hybridized carbons (Fsp3) is 0.875. The Morgan fingerprint density at radius 2 is 2.36 bits per heavy atom. The predicted octanol–water partition coefficient (Wildman–Crippen LogP) is -0.438. The summed E-state index contributed by atoms with van der Waals surface area (Å²) in [6.07, 6.45) is -0.484. The average molecular weight is 208 g/mol. The summed E-state index contributed by atoms with van der Waals surface area (Å²) in [4.78, 5) is 12.3. The zero-order valence-corrected chi connectivity index (χ0v) is 7.91. The summed E-state index contributed by atoms with van der Waals surface area (Å²) in [7, 11) is 0. The molecule has 0 aromatic heterocycles. The van der Waals surface area contributed by atoms with Crippen LogP contribution in [0.4, 0.5) is 8.78 Å². The van der Waals surface area contributed by atoms with Gasteiger partial charge in [0.15, 0.2) is 0 Å². The fourth-order valence-corrected chi connectivity index (χ4v) is 1.58. The van der Waals surface area contributed by atoms with E-state index in [1.54, 1.807) is 0 Å². The quantitative estimate of drug-likeness (QED) is 0.646. The maximum Gasteiger partial charge on any atom is 0.267 e. The number of aliphatic hydroxyl groups is 1. The minimum absolute atomic E-state index is 0.450. The monoisotopic (exact) mass is 208 g/mol. The van der Waals surface area contributed by atoms with Crippen molar-refractivity contribution in [1.82, 2.24) is 4.90 Å². The van der Waals surface area contributed by atoms with Crippen molar-refractivity contribution in [3.8, 4) is 0 Å². The van der Waals surface area contributed by atoms with Gasteiger partial charge in [-0.1, -0.05) is 0 Å². The number of nitrogens with two attached hydrogens (primary N) is 1. The Labute approximate surface area is 80.7 Å². The molecule has 0 aromatic carbocycles. The van der Waals surface area contributed by atoms with E-state index in [0.717, 1.165) is 4.90 Å². The zero-order valence-electron chi connectivity index (χ0n) is 7.91. The molecule has 2 atom stereocenters. The largest absolute Gasteiger partial charge is 0.394 e. The van der Waals surface area contributed by atoms with E-state index in [-0.39, 0.29) is 0 Å². The second-order valence-electron chi connectivity index (χ2n) is 3.65. The standard InChI is InChI=1S/C8H14F2N2O2/c1-5(11)7(14)12-4-8(9,10)2-6(12)3-13/h5-6,13H,2-4,11H2,1H3. The number of nitrogens with zero attached hydrogens (tertiary/aromatic N) is 1. The lowest BCUT2D eigenvalue weighted by Crippen LogP contribution is -2.46. The van der Waals surface area contributed by atoms with Gasteiger partial charge in [-0.25, -0.2) is 8.78 Å². The second kappa shape index (κ2) is 3.78. The van der Waals surface area contributed by atoms with Gasteiger partial charge in [0.2, 0.25) is 5.91 Å². The molecule has 3 N–H and O–H groups in total. The number of carbonyl (C=O) groups is 1. The predicted molar refractivity (Wildman–Crippen MR) is 45.8 cm³/mol. The molecule has 0 aromatic rings. The maximum atomic E-state index is 12.9. The van der Waals surface area contributed by atoms with Gasteiger partial charge in [0.1, 0.15) is 0 Å². The Morgan fingerprint density at radius 3 is 2.79 bits per heavy atom. The van der Waals surface area contributed by atoms with Gasteiger partial charge in [0.05, 0.1) is 25.2 Å². The topological polar surface area (TPSA) is 66.6 Å². The molecule has 1 fully saturated rings. The molecular formula is C8H14F2N2O2. The first-order chi connectivity index (χ1) is 6.37. The lowest BCUT2D eigenvalue weighted by Gasteiger charge is -2.23. The molecule has 1 aliphatic heterocycles. The van der Waals surface area contributed by atoms with Gasteiger partial charge in [-0.15, -0.1) is 0 Å². The highest BCUT2D eigenvalue weighted by Gasteiger charge is 2.46. The van der Waals surface area contributed by atoms with E-state index >= 15 is 0 Å². The summed E-state index contributed by atoms with van der Waals surface area (Å²) in [5.74, 6) is -3.45. The van der Waals surface area contributed by atoms with Gasteiger partial charge in [-0.2, -0.15) is 0 Å². The Balaban J connectivity index is 2.73. The van der Waals surface area contributed by atoms with Crippen molar-refractivity contribution in [2.24, 2.45) is 5.73 Å². The van der Waals surface area contributed by atoms with Crippen LogP contribution in [0.1, 0.15) is 13.3 Å². The number of alkyl halides is 2. The number of hydrogen-bond acceptors (Lipinski definition) is 3. The number of amides is 1. The van der Waals surface area contributed by atoms with Crippen LogP contribution >= 0.6 is 0 Å². The lowest BCUT2D eigenvalue weighted by atomic mass is 10.2. The van der Waals surface area contributed by atoms with E-state index in [4.69, 9.17) is 10.8 Å². The molecule has 14 heavy (non-hydrogen) atoms. The summed E-state index contributed by atoms with van der Waals surface area (Å²) in [5, 5.41) is 8.83. The van der Waals surface area contributed by atoms with Crippen LogP contribution in [0.3, 0.4) is 0 Å². The molecular weight excluding hydrogens is 194 g/mol. The second-order valence-corrected chi connectivity index (χ2v) is 3.65. The SMILES string of the molecule is CC(N)C(=O)N1CC(F)(F)CC1CO. The summed E-state index contributed by atoms with van der Waals surface area (Å²) in [5.41, 5.74) is 5.30. The Bertz CT molecular complexity index is 233. The molecule has 0 spiro atoms. The van der Waals surface area contributed by atoms with Crippen LogP contribution in [-0.4, -0.2) is 47.1 Å². The van der Waals surface area contributed by atoms with Crippen LogP contribution < -0.4 is 5.73 Å². The first kappa shape index (κ1) is 11.3. The normalized spacial score (nSPS) is 27.8. The van der Waals surface area contributed by atoms with E-state index in [9.17, 15) is 13.6 Å². The summed E-state index contributed by atoms with van der Waals surface area (Å²) >= 11 is 0. The first-order valence-electron chi connectivity index (χ1n) is 4.42. The third-order valence-electron chi connectivity index (χ3n) is 2.26. The van der Waals surface area contributed by atoms with E-state index in [1.807, 2.05) is 0 Å². The molecule has 1 aliphatic rings. The Hall–Kier alpha value is -0.750. The molecule has 1 saturated heterocycles. The minimum atomic E-state index is -2.90. The van der Waals surface area contributed by atoms with Crippen molar-refractivity contribution in [3.63, 3.8) is 0 Å². The van der Waals surface area contributed by atoms with Crippen molar-refractivity contribution in [1.29, 1.82) is 0 Å². The van der Waals surface area contributed by atoms with Gasteiger partial charge in [0, 0.05) is 6.42 Å². The van der Waals surface area contributed by atoms with Crippen molar-refractivity contribution >= 4 is 5.91 Å². The first-order valence-corrected chi connectivity index (χ1v) is 4.42. The third kappa shape index (κ3) is 2.19. The molecule has 1 heterocycles. The van der Waals surface area contributed by atoms with Crippen molar-refractivity contribution in [2.75, 3.05) is 13.2 Å². The van der Waals surface area contributed by atoms with Gasteiger partial charge in [-0.05, 0) is 6.92 Å². The zero-order chi connectivity index (χ0) is 10.9. The molecule has 0 aliphatic carbocycles. The van der Waals surface area contributed by atoms with Crippen LogP contribution in [0.5, 0.6) is 0 Å². The molecule has 4 nitrogen and oxygen atoms in total. The smallest absolute Gasteiger partial charge is 0.267 e. The van der Waals surface area contributed by atoms with Crippen molar-refractivity contribution in [3.05, 3.63) is 0 Å². The number of halogens is 2. The summed E-state index contributed by atoms with van der Waals surface area (Å²) in [6.45, 7) is 0.347. The van der Waals surface area contributed by atoms with Crippen LogP contribution in [0.2, 0.25) is 0 Å². The van der Waals surface area contributed by atoms with E-state index in [0.29, 0.717) is 0 Å². The van der Waals surface area contributed by atoms with E-state index in [2.05, 4.69) is 0 Å². The fourth-order valence-electron chi connectivity index (χ4n) is 1.58. The van der Waals surface area contributed by atoms with Gasteiger partial charge in [-0.3, -0.25) is 4.79 Å². The number of carbonyl (C=O) groups excluding carboxylic acids is 1. The van der Waals surface area contributed by atoms with Gasteiger partial charge >= 0.3 is 0 Å². The van der Waals surface area contributed by atoms with Crippen LogP contribution in [0, 0.1) is 0 Å². The highest BCUT2D eigenvalue weighted by atomic mass is 19.3. The number of likely N-dealkylation sites (tertiary alicyclic amines) is 1. The lowest BCUT2D eigenvalue weighted by molar-refractivity contribution is -0.134. The van der Waals surface area contributed by atoms with Gasteiger partial charge < -0.3 is 15.7 Å². The molecule has 2 unspecified atom stereocenters. The highest BCUT2D eigenvalue weighted by molar-refractivity contribution is 5.81. The van der Waals surface area contributed by atoms with E-state index in [1.165, 1.54) is 6.92 Å². The molecule has 82 valence electrons. The highest BCUT2D eigenvalue weighted by Crippen LogP contribution is 2.31. The van der Waals surface area contributed by atoms with Crippen LogP contribution in [0.15, 0.2) is 0 Å².